The first-order chi connectivity index (χ1) is 15.2. The maximum Gasteiger partial charge on any atom is 0.113 e. The predicted molar refractivity (Wildman–Crippen MR) is 135 cm³/mol. The second-order valence-electron chi connectivity index (χ2n) is 11.0. The van der Waals surface area contributed by atoms with Crippen LogP contribution in [0.3, 0.4) is 0 Å². The van der Waals surface area contributed by atoms with E-state index >= 15 is 0 Å². The van der Waals surface area contributed by atoms with Crippen LogP contribution in [0.15, 0.2) is 0 Å². The zero-order chi connectivity index (χ0) is 24.1. The van der Waals surface area contributed by atoms with Crippen LogP contribution >= 0.6 is 0 Å². The molecule has 0 aliphatic heterocycles. The van der Waals surface area contributed by atoms with Gasteiger partial charge in [-0.25, -0.2) is 0 Å². The van der Waals surface area contributed by atoms with E-state index in [9.17, 15) is 15.0 Å². The number of carbonyl (C=O) groups is 1. The number of quaternary nitrogens is 1. The molecule has 0 aliphatic carbocycles. The monoisotopic (exact) mass is 455 g/mol. The van der Waals surface area contributed by atoms with E-state index in [4.69, 9.17) is 0 Å². The van der Waals surface area contributed by atoms with Crippen LogP contribution in [0, 0.1) is 0 Å². The van der Waals surface area contributed by atoms with Crippen molar-refractivity contribution in [3.05, 3.63) is 0 Å². The molecule has 1 atom stereocenters. The molecule has 0 saturated heterocycles. The van der Waals surface area contributed by atoms with Crippen LogP contribution in [0.2, 0.25) is 0 Å². The van der Waals surface area contributed by atoms with Crippen molar-refractivity contribution >= 4 is 5.97 Å². The van der Waals surface area contributed by atoms with Crippen LogP contribution in [0.4, 0.5) is 0 Å². The van der Waals surface area contributed by atoms with Gasteiger partial charge in [0.2, 0.25) is 0 Å². The lowest BCUT2D eigenvalue weighted by Crippen LogP contribution is -2.53. The number of carboxylic acid groups (broad SMARTS) is 1. The second-order valence-corrected chi connectivity index (χ2v) is 11.0. The number of hydrogen-bond acceptors (Lipinski definition) is 3. The molecule has 0 aromatic heterocycles. The molecule has 192 valence electrons. The summed E-state index contributed by atoms with van der Waals surface area (Å²) >= 11 is 0. The third kappa shape index (κ3) is 20.0. The lowest BCUT2D eigenvalue weighted by atomic mass is 9.89. The maximum absolute atomic E-state index is 11.1. The summed E-state index contributed by atoms with van der Waals surface area (Å²) in [6.45, 7) is 5.51. The number of aliphatic hydroxyl groups is 1. The van der Waals surface area contributed by atoms with E-state index in [0.717, 1.165) is 25.7 Å². The molecular weight excluding hydrogens is 398 g/mol. The fraction of sp³-hybridized carbons (Fsp3) is 0.964. The third-order valence-corrected chi connectivity index (χ3v) is 6.85. The quantitative estimate of drug-likeness (QED) is 0.136. The van der Waals surface area contributed by atoms with Gasteiger partial charge in [-0.2, -0.15) is 0 Å². The molecular formula is C28H57NO3. The molecule has 0 fully saturated rings. The number of nitrogens with zero attached hydrogens (tertiary/aromatic N) is 1. The summed E-state index contributed by atoms with van der Waals surface area (Å²) in [4.78, 5) is 10.8. The SMILES string of the molecule is CCCCCCCCCCCCCCCCCCC(O)(CCC)C[N+](C)(C)CCC(=O)[O-]. The minimum Gasteiger partial charge on any atom is -0.550 e. The molecule has 0 aliphatic rings. The van der Waals surface area contributed by atoms with Crippen LogP contribution in [-0.2, 0) is 4.79 Å². The molecule has 0 aromatic rings. The number of likely N-dealkylation sites (N-methyl/N-ethyl adjacent to an activating group) is 1. The first kappa shape index (κ1) is 31.4. The van der Waals surface area contributed by atoms with Gasteiger partial charge in [0.05, 0.1) is 20.6 Å². The minimum absolute atomic E-state index is 0.0499. The van der Waals surface area contributed by atoms with Gasteiger partial charge in [0.15, 0.2) is 0 Å². The Balaban J connectivity index is 3.73. The summed E-state index contributed by atoms with van der Waals surface area (Å²) in [5.41, 5.74) is -0.680. The van der Waals surface area contributed by atoms with Crippen molar-refractivity contribution in [1.29, 1.82) is 0 Å². The second kappa shape index (κ2) is 19.8. The third-order valence-electron chi connectivity index (χ3n) is 6.85. The molecule has 32 heavy (non-hydrogen) atoms. The highest BCUT2D eigenvalue weighted by molar-refractivity contribution is 5.64. The fourth-order valence-corrected chi connectivity index (χ4v) is 5.02. The standard InChI is InChI=1S/C28H57NO3/c1-5-7-8-9-10-11-12-13-14-15-16-17-18-19-20-21-24-28(32,23-6-2)26-29(3,4)25-22-27(30)31/h32H,5-26H2,1-4H3. The van der Waals surface area contributed by atoms with E-state index in [-0.39, 0.29) is 6.42 Å². The average Bonchev–Trinajstić information content (AvgIpc) is 2.72. The Labute approximate surface area is 200 Å². The summed E-state index contributed by atoms with van der Waals surface area (Å²) < 4.78 is 0.531. The van der Waals surface area contributed by atoms with Gasteiger partial charge in [-0.05, 0) is 12.8 Å². The molecule has 0 bridgehead atoms. The van der Waals surface area contributed by atoms with E-state index in [1.54, 1.807) is 0 Å². The van der Waals surface area contributed by atoms with Crippen molar-refractivity contribution < 1.29 is 19.5 Å². The highest BCUT2D eigenvalue weighted by Gasteiger charge is 2.33. The fourth-order valence-electron chi connectivity index (χ4n) is 5.02. The van der Waals surface area contributed by atoms with E-state index < -0.39 is 11.6 Å². The summed E-state index contributed by atoms with van der Waals surface area (Å²) in [5.74, 6) is -1.01. The largest absolute Gasteiger partial charge is 0.550 e. The summed E-state index contributed by atoms with van der Waals surface area (Å²) in [5, 5.41) is 21.9. The van der Waals surface area contributed by atoms with Gasteiger partial charge in [-0.15, -0.1) is 0 Å². The van der Waals surface area contributed by atoms with Gasteiger partial charge in [-0.3, -0.25) is 0 Å². The topological polar surface area (TPSA) is 60.4 Å². The Morgan fingerprint density at radius 1 is 0.688 bits per heavy atom. The molecule has 0 aromatic carbocycles. The Hall–Kier alpha value is -0.610. The Kier molecular flexibility index (Phi) is 19.4. The molecule has 0 spiro atoms. The average molecular weight is 456 g/mol. The maximum atomic E-state index is 11.1. The number of unbranched alkanes of at least 4 members (excludes halogenated alkanes) is 15. The molecule has 4 heteroatoms. The summed E-state index contributed by atoms with van der Waals surface area (Å²) in [6, 6.07) is 0. The van der Waals surface area contributed by atoms with Crippen LogP contribution in [0.25, 0.3) is 0 Å². The number of carboxylic acids is 1. The molecule has 1 unspecified atom stereocenters. The molecule has 0 heterocycles. The lowest BCUT2D eigenvalue weighted by molar-refractivity contribution is -0.896. The van der Waals surface area contributed by atoms with Gasteiger partial charge in [0.25, 0.3) is 0 Å². The molecule has 0 radical (unpaired) electrons. The number of carbonyl (C=O) groups excluding carboxylic acids is 1. The number of hydrogen-bond donors (Lipinski definition) is 1. The Bertz CT molecular complexity index is 438. The van der Waals surface area contributed by atoms with Crippen LogP contribution < -0.4 is 5.11 Å². The van der Waals surface area contributed by atoms with Gasteiger partial charge < -0.3 is 19.5 Å². The minimum atomic E-state index is -1.01. The predicted octanol–water partition coefficient (Wildman–Crippen LogP) is 6.39. The smallest absolute Gasteiger partial charge is 0.113 e. The van der Waals surface area contributed by atoms with E-state index in [2.05, 4.69) is 13.8 Å². The van der Waals surface area contributed by atoms with E-state index in [0.29, 0.717) is 17.6 Å². The zero-order valence-corrected chi connectivity index (χ0v) is 22.3. The zero-order valence-electron chi connectivity index (χ0n) is 22.3. The van der Waals surface area contributed by atoms with Crippen molar-refractivity contribution in [3.8, 4) is 0 Å². The van der Waals surface area contributed by atoms with Crippen molar-refractivity contribution in [1.82, 2.24) is 0 Å². The lowest BCUT2D eigenvalue weighted by Gasteiger charge is -2.38. The van der Waals surface area contributed by atoms with E-state index in [1.165, 1.54) is 96.3 Å². The van der Waals surface area contributed by atoms with Crippen molar-refractivity contribution in [2.75, 3.05) is 27.2 Å². The van der Waals surface area contributed by atoms with Gasteiger partial charge in [0, 0.05) is 12.4 Å². The highest BCUT2D eigenvalue weighted by atomic mass is 16.4. The van der Waals surface area contributed by atoms with Gasteiger partial charge in [-0.1, -0.05) is 123 Å². The van der Waals surface area contributed by atoms with Crippen molar-refractivity contribution in [2.45, 2.75) is 148 Å². The number of aliphatic carboxylic acids is 1. The normalized spacial score (nSPS) is 13.9. The Morgan fingerprint density at radius 3 is 1.47 bits per heavy atom. The van der Waals surface area contributed by atoms with Crippen molar-refractivity contribution in [2.24, 2.45) is 0 Å². The summed E-state index contributed by atoms with van der Waals surface area (Å²) in [6.07, 6.45) is 24.3. The molecule has 4 nitrogen and oxygen atoms in total. The van der Waals surface area contributed by atoms with Crippen LogP contribution in [0.5, 0.6) is 0 Å². The van der Waals surface area contributed by atoms with Gasteiger partial charge in [0.1, 0.15) is 12.1 Å². The van der Waals surface area contributed by atoms with Crippen LogP contribution in [0.1, 0.15) is 142 Å². The number of rotatable bonds is 24. The molecule has 0 rings (SSSR count). The first-order valence-electron chi connectivity index (χ1n) is 14.0. The van der Waals surface area contributed by atoms with Crippen molar-refractivity contribution in [3.63, 3.8) is 0 Å². The van der Waals surface area contributed by atoms with Gasteiger partial charge >= 0.3 is 0 Å². The molecule has 0 saturated carbocycles. The Morgan fingerprint density at radius 2 is 1.09 bits per heavy atom. The van der Waals surface area contributed by atoms with Crippen LogP contribution in [-0.4, -0.2) is 48.3 Å². The summed E-state index contributed by atoms with van der Waals surface area (Å²) in [7, 11) is 4.02. The highest BCUT2D eigenvalue weighted by Crippen LogP contribution is 2.25. The van der Waals surface area contributed by atoms with E-state index in [1.807, 2.05) is 14.1 Å². The molecule has 0 amide bonds. The molecule has 1 N–H and O–H groups in total. The first-order valence-corrected chi connectivity index (χ1v) is 14.0.